The van der Waals surface area contributed by atoms with E-state index in [4.69, 9.17) is 32.7 Å². The van der Waals surface area contributed by atoms with E-state index in [1.165, 1.54) is 0 Å². The summed E-state index contributed by atoms with van der Waals surface area (Å²) in [5, 5.41) is 6.24. The van der Waals surface area contributed by atoms with E-state index in [-0.39, 0.29) is 16.8 Å². The van der Waals surface area contributed by atoms with Gasteiger partial charge >= 0.3 is 0 Å². The van der Waals surface area contributed by atoms with E-state index in [1.54, 1.807) is 32.1 Å². The van der Waals surface area contributed by atoms with Gasteiger partial charge in [0.1, 0.15) is 5.75 Å². The lowest BCUT2D eigenvalue weighted by atomic mass is 10.2. The van der Waals surface area contributed by atoms with Crippen molar-refractivity contribution in [2.24, 2.45) is 4.99 Å². The Labute approximate surface area is 143 Å². The number of aliphatic imine (C=N–C) groups is 1. The summed E-state index contributed by atoms with van der Waals surface area (Å²) in [4.78, 5) is 15.1. The van der Waals surface area contributed by atoms with Gasteiger partial charge in [-0.15, -0.1) is 0 Å². The second-order valence-corrected chi connectivity index (χ2v) is 5.20. The van der Waals surface area contributed by atoms with Crippen molar-refractivity contribution >= 4 is 34.4 Å². The van der Waals surface area contributed by atoms with Gasteiger partial charge in [0.2, 0.25) is 5.29 Å². The molecule has 0 atom stereocenters. The monoisotopic (exact) mass is 355 g/mol. The minimum atomic E-state index is 0.0575. The number of hydrogen-bond acceptors (Lipinski definition) is 6. The second kappa shape index (κ2) is 7.92. The molecular formula is C15H15Cl2N3O3. The fraction of sp³-hybridized carbons (Fsp3) is 0.267. The summed E-state index contributed by atoms with van der Waals surface area (Å²) in [5.74, 6) is 2.97. The summed E-state index contributed by atoms with van der Waals surface area (Å²) in [7, 11) is 1.55. The Hall–Kier alpha value is -2.14. The number of carbonyl (C=O) groups excluding carboxylic acids is 1. The molecule has 1 aliphatic heterocycles. The van der Waals surface area contributed by atoms with Gasteiger partial charge < -0.3 is 20.1 Å². The first kappa shape index (κ1) is 17.2. The van der Waals surface area contributed by atoms with E-state index in [9.17, 15) is 4.79 Å². The predicted molar refractivity (Wildman–Crippen MR) is 89.1 cm³/mol. The van der Waals surface area contributed by atoms with Crippen LogP contribution in [0.4, 0.5) is 0 Å². The summed E-state index contributed by atoms with van der Waals surface area (Å²) in [6.45, 7) is 2.58. The van der Waals surface area contributed by atoms with Gasteiger partial charge in [0, 0.05) is 6.54 Å². The summed E-state index contributed by atoms with van der Waals surface area (Å²) in [5.41, 5.74) is 1.00. The third-order valence-corrected chi connectivity index (χ3v) is 3.42. The minimum absolute atomic E-state index is 0.0575. The molecule has 8 heteroatoms. The molecule has 0 radical (unpaired) electrons. The molecule has 122 valence electrons. The van der Waals surface area contributed by atoms with Crippen LogP contribution < -0.4 is 15.4 Å². The predicted octanol–water partition coefficient (Wildman–Crippen LogP) is 2.56. The van der Waals surface area contributed by atoms with Gasteiger partial charge in [-0.1, -0.05) is 17.7 Å². The molecule has 0 fully saturated rings. The molecule has 0 saturated carbocycles. The van der Waals surface area contributed by atoms with Crippen LogP contribution in [0, 0.1) is 0 Å². The number of nitrogens with one attached hydrogen (secondary N) is 2. The fourth-order valence-electron chi connectivity index (χ4n) is 1.94. The van der Waals surface area contributed by atoms with Crippen molar-refractivity contribution < 1.29 is 14.3 Å². The molecule has 0 amide bonds. The van der Waals surface area contributed by atoms with Crippen molar-refractivity contribution in [1.29, 1.82) is 0 Å². The molecule has 6 nitrogen and oxygen atoms in total. The zero-order valence-corrected chi connectivity index (χ0v) is 14.1. The molecule has 0 spiro atoms. The molecule has 1 aliphatic rings. The first-order chi connectivity index (χ1) is 11.1. The van der Waals surface area contributed by atoms with Crippen LogP contribution in [0.2, 0.25) is 5.02 Å². The zero-order chi connectivity index (χ0) is 16.8. The molecular weight excluding hydrogens is 341 g/mol. The normalized spacial score (nSPS) is 13.9. The van der Waals surface area contributed by atoms with E-state index in [2.05, 4.69) is 15.6 Å². The number of rotatable bonds is 6. The summed E-state index contributed by atoms with van der Waals surface area (Å²) in [6, 6.07) is 5.41. The third kappa shape index (κ3) is 4.20. The molecule has 0 unspecified atom stereocenters. The minimum Gasteiger partial charge on any atom is -0.495 e. The van der Waals surface area contributed by atoms with E-state index >= 15 is 0 Å². The maximum Gasteiger partial charge on any atom is 0.203 e. The summed E-state index contributed by atoms with van der Waals surface area (Å²) in [6.07, 6.45) is 0. The van der Waals surface area contributed by atoms with Crippen LogP contribution in [0.25, 0.3) is 0 Å². The second-order valence-electron chi connectivity index (χ2n) is 4.44. The van der Waals surface area contributed by atoms with Gasteiger partial charge in [-0.2, -0.15) is 4.99 Å². The highest BCUT2D eigenvalue weighted by atomic mass is 35.5. The van der Waals surface area contributed by atoms with Gasteiger partial charge in [-0.05, 0) is 36.2 Å². The van der Waals surface area contributed by atoms with E-state index in [1.807, 2.05) is 6.07 Å². The van der Waals surface area contributed by atoms with Gasteiger partial charge in [-0.3, -0.25) is 0 Å². The van der Waals surface area contributed by atoms with Crippen LogP contribution in [-0.2, 0) is 16.1 Å². The topological polar surface area (TPSA) is 71.9 Å². The largest absolute Gasteiger partial charge is 0.495 e. The zero-order valence-electron chi connectivity index (χ0n) is 12.6. The van der Waals surface area contributed by atoms with E-state index in [0.717, 1.165) is 5.56 Å². The highest BCUT2D eigenvalue weighted by Gasteiger charge is 2.21. The SMILES string of the molecule is CCOC1=C(NCc2ccc(OC)c(Cl)c2)N=C(Cl)NC1=C=O. The maximum atomic E-state index is 11.0. The first-order valence-electron chi connectivity index (χ1n) is 6.79. The molecule has 0 aromatic heterocycles. The van der Waals surface area contributed by atoms with Crippen molar-refractivity contribution in [3.05, 3.63) is 46.1 Å². The van der Waals surface area contributed by atoms with Gasteiger partial charge in [-0.25, -0.2) is 4.79 Å². The van der Waals surface area contributed by atoms with Crippen molar-refractivity contribution in [2.75, 3.05) is 13.7 Å². The van der Waals surface area contributed by atoms with Crippen LogP contribution >= 0.6 is 23.2 Å². The molecule has 23 heavy (non-hydrogen) atoms. The lowest BCUT2D eigenvalue weighted by Crippen LogP contribution is -2.29. The molecule has 1 heterocycles. The Balaban J connectivity index is 2.22. The molecule has 2 N–H and O–H groups in total. The van der Waals surface area contributed by atoms with Crippen LogP contribution in [0.1, 0.15) is 12.5 Å². The number of hydrogen-bond donors (Lipinski definition) is 2. The number of benzene rings is 1. The van der Waals surface area contributed by atoms with Crippen LogP contribution in [0.3, 0.4) is 0 Å². The Morgan fingerprint density at radius 2 is 2.17 bits per heavy atom. The van der Waals surface area contributed by atoms with Crippen molar-refractivity contribution in [2.45, 2.75) is 13.5 Å². The number of halogens is 2. The molecule has 0 saturated heterocycles. The van der Waals surface area contributed by atoms with Gasteiger partial charge in [0.25, 0.3) is 0 Å². The highest BCUT2D eigenvalue weighted by molar-refractivity contribution is 6.65. The lowest BCUT2D eigenvalue weighted by molar-refractivity contribution is 0.228. The number of methoxy groups -OCH3 is 1. The molecule has 0 bridgehead atoms. The first-order valence-corrected chi connectivity index (χ1v) is 7.54. The molecule has 1 aromatic rings. The van der Waals surface area contributed by atoms with Gasteiger partial charge in [0.05, 0.1) is 18.7 Å². The molecule has 2 rings (SSSR count). The smallest absolute Gasteiger partial charge is 0.203 e. The summed E-state index contributed by atoms with van der Waals surface area (Å²) >= 11 is 12.0. The Kier molecular flexibility index (Phi) is 5.93. The van der Waals surface area contributed by atoms with Crippen LogP contribution in [-0.4, -0.2) is 25.0 Å². The number of amidine groups is 1. The van der Waals surface area contributed by atoms with Crippen molar-refractivity contribution in [1.82, 2.24) is 10.6 Å². The van der Waals surface area contributed by atoms with Crippen molar-refractivity contribution in [3.8, 4) is 5.75 Å². The average Bonchev–Trinajstić information content (AvgIpc) is 2.54. The number of ether oxygens (including phenoxy) is 2. The number of nitrogens with zero attached hydrogens (tertiary/aromatic N) is 1. The quantitative estimate of drug-likeness (QED) is 0.606. The van der Waals surface area contributed by atoms with Crippen LogP contribution in [0.15, 0.2) is 40.5 Å². The van der Waals surface area contributed by atoms with Crippen LogP contribution in [0.5, 0.6) is 5.75 Å². The molecule has 1 aromatic carbocycles. The Morgan fingerprint density at radius 1 is 1.39 bits per heavy atom. The standard InChI is InChI=1S/C15H15Cl2N3O3/c1-3-23-13-11(8-21)19-15(17)20-14(13)18-7-9-4-5-12(22-2)10(16)6-9/h4-6,18H,3,7H2,1-2H3,(H,19,20). The summed E-state index contributed by atoms with van der Waals surface area (Å²) < 4.78 is 10.5. The van der Waals surface area contributed by atoms with E-state index in [0.29, 0.717) is 29.7 Å². The maximum absolute atomic E-state index is 11.0. The van der Waals surface area contributed by atoms with E-state index < -0.39 is 0 Å². The highest BCUT2D eigenvalue weighted by Crippen LogP contribution is 2.25. The van der Waals surface area contributed by atoms with Crippen molar-refractivity contribution in [3.63, 3.8) is 0 Å². The van der Waals surface area contributed by atoms with Gasteiger partial charge in [0.15, 0.2) is 23.2 Å². The third-order valence-electron chi connectivity index (χ3n) is 2.95. The fourth-order valence-corrected chi connectivity index (χ4v) is 2.40. The molecule has 0 aliphatic carbocycles. The Morgan fingerprint density at radius 3 is 2.78 bits per heavy atom. The Bertz CT molecular complexity index is 710. The average molecular weight is 356 g/mol. The lowest BCUT2D eigenvalue weighted by Gasteiger charge is -2.19.